The Morgan fingerprint density at radius 2 is 1.75 bits per heavy atom. The number of aromatic nitrogens is 3. The van der Waals surface area contributed by atoms with Gasteiger partial charge in [-0.2, -0.15) is 0 Å². The van der Waals surface area contributed by atoms with Gasteiger partial charge in [-0.1, -0.05) is 24.3 Å². The molecule has 0 spiro atoms. The predicted molar refractivity (Wildman–Crippen MR) is 155 cm³/mol. The maximum Gasteiger partial charge on any atom is 0.251 e. The molecule has 2 aliphatic heterocycles. The average molecular weight is 538 g/mol. The van der Waals surface area contributed by atoms with Gasteiger partial charge in [0.15, 0.2) is 0 Å². The first kappa shape index (κ1) is 26.0. The molecule has 9 nitrogen and oxygen atoms in total. The minimum absolute atomic E-state index is 0.103. The van der Waals surface area contributed by atoms with Crippen LogP contribution in [0.4, 0.5) is 11.4 Å². The Bertz CT molecular complexity index is 1430. The molecule has 1 amide bonds. The smallest absolute Gasteiger partial charge is 0.251 e. The van der Waals surface area contributed by atoms with Crippen LogP contribution >= 0.6 is 0 Å². The first-order valence-electron chi connectivity index (χ1n) is 14.1. The Morgan fingerprint density at radius 1 is 0.950 bits per heavy atom. The maximum absolute atomic E-state index is 13.3. The molecular formula is C31H35N7O2. The van der Waals surface area contributed by atoms with Crippen LogP contribution in [0.3, 0.4) is 0 Å². The molecule has 2 fully saturated rings. The van der Waals surface area contributed by atoms with E-state index in [1.807, 2.05) is 42.5 Å². The summed E-state index contributed by atoms with van der Waals surface area (Å²) in [6.45, 7) is 4.26. The molecule has 0 aliphatic carbocycles. The van der Waals surface area contributed by atoms with Gasteiger partial charge in [-0.3, -0.25) is 9.78 Å². The minimum Gasteiger partial charge on any atom is -0.418 e. The van der Waals surface area contributed by atoms with Crippen molar-refractivity contribution in [2.75, 3.05) is 36.4 Å². The molecule has 4 heterocycles. The molecule has 2 aliphatic rings. The van der Waals surface area contributed by atoms with E-state index in [-0.39, 0.29) is 5.91 Å². The van der Waals surface area contributed by atoms with Crippen molar-refractivity contribution in [3.05, 3.63) is 90.1 Å². The van der Waals surface area contributed by atoms with Crippen LogP contribution in [-0.4, -0.2) is 47.3 Å². The van der Waals surface area contributed by atoms with Gasteiger partial charge in [0.25, 0.3) is 5.91 Å². The summed E-state index contributed by atoms with van der Waals surface area (Å²) in [4.78, 5) is 19.8. The molecule has 2 aromatic heterocycles. The zero-order chi connectivity index (χ0) is 27.2. The molecule has 3 N–H and O–H groups in total. The number of para-hydroxylation sites is 1. The Balaban J connectivity index is 1.18. The number of carbonyl (C=O) groups is 1. The third kappa shape index (κ3) is 5.70. The zero-order valence-electron chi connectivity index (χ0n) is 22.6. The zero-order valence-corrected chi connectivity index (χ0v) is 22.6. The molecule has 40 heavy (non-hydrogen) atoms. The topological polar surface area (TPSA) is 108 Å². The van der Waals surface area contributed by atoms with Gasteiger partial charge >= 0.3 is 0 Å². The van der Waals surface area contributed by atoms with Crippen molar-refractivity contribution in [2.45, 2.75) is 44.2 Å². The highest BCUT2D eigenvalue weighted by Gasteiger charge is 2.39. The lowest BCUT2D eigenvalue weighted by Gasteiger charge is -2.36. The highest BCUT2D eigenvalue weighted by Crippen LogP contribution is 2.35. The normalized spacial score (nSPS) is 16.9. The second-order valence-corrected chi connectivity index (χ2v) is 10.5. The average Bonchev–Trinajstić information content (AvgIpc) is 3.53. The summed E-state index contributed by atoms with van der Waals surface area (Å²) in [7, 11) is 0. The van der Waals surface area contributed by atoms with Crippen LogP contribution in [0.5, 0.6) is 0 Å². The van der Waals surface area contributed by atoms with Crippen molar-refractivity contribution in [1.29, 1.82) is 0 Å². The van der Waals surface area contributed by atoms with Crippen LogP contribution in [0.1, 0.15) is 53.9 Å². The molecule has 0 radical (unpaired) electrons. The first-order valence-corrected chi connectivity index (χ1v) is 14.1. The summed E-state index contributed by atoms with van der Waals surface area (Å²) in [5.41, 5.74) is 4.10. The number of benzene rings is 2. The molecule has 2 aromatic carbocycles. The van der Waals surface area contributed by atoms with Crippen molar-refractivity contribution in [3.63, 3.8) is 0 Å². The van der Waals surface area contributed by atoms with Gasteiger partial charge in [-0.05, 0) is 87.2 Å². The molecule has 9 heteroatoms. The maximum atomic E-state index is 13.3. The highest BCUT2D eigenvalue weighted by atomic mass is 16.4. The number of nitrogens with one attached hydrogen (secondary N) is 3. The lowest BCUT2D eigenvalue weighted by Crippen LogP contribution is -2.45. The SMILES string of the molecule is O=C(NCc1ccccc1N1CCCCC1)c1cccc(NC2(c3nnc(-c4ccncc4)o3)CCNCC2)c1. The van der Waals surface area contributed by atoms with E-state index in [1.165, 1.54) is 24.9 Å². The van der Waals surface area contributed by atoms with E-state index >= 15 is 0 Å². The summed E-state index contributed by atoms with van der Waals surface area (Å²) in [6, 6.07) is 19.7. The van der Waals surface area contributed by atoms with Crippen LogP contribution in [0.15, 0.2) is 77.5 Å². The summed E-state index contributed by atoms with van der Waals surface area (Å²) < 4.78 is 6.19. The number of carbonyl (C=O) groups excluding carboxylic acids is 1. The third-order valence-corrected chi connectivity index (χ3v) is 7.85. The summed E-state index contributed by atoms with van der Waals surface area (Å²) in [6.07, 6.45) is 8.68. The number of piperidine rings is 2. The van der Waals surface area contributed by atoms with E-state index in [1.54, 1.807) is 12.4 Å². The van der Waals surface area contributed by atoms with Gasteiger partial charge in [0, 0.05) is 54.5 Å². The Morgan fingerprint density at radius 3 is 2.58 bits per heavy atom. The van der Waals surface area contributed by atoms with Gasteiger partial charge < -0.3 is 25.3 Å². The predicted octanol–water partition coefficient (Wildman–Crippen LogP) is 4.74. The quantitative estimate of drug-likeness (QED) is 0.296. The Kier molecular flexibility index (Phi) is 7.72. The Labute approximate surface area is 234 Å². The van der Waals surface area contributed by atoms with Crippen molar-refractivity contribution in [1.82, 2.24) is 25.8 Å². The summed E-state index contributed by atoms with van der Waals surface area (Å²) in [5, 5.41) is 19.0. The molecule has 0 bridgehead atoms. The summed E-state index contributed by atoms with van der Waals surface area (Å²) in [5.74, 6) is 0.911. The molecule has 4 aromatic rings. The number of amides is 1. The van der Waals surface area contributed by atoms with Crippen LogP contribution in [0.2, 0.25) is 0 Å². The number of rotatable bonds is 8. The van der Waals surface area contributed by atoms with Gasteiger partial charge in [-0.25, -0.2) is 0 Å². The van der Waals surface area contributed by atoms with E-state index in [0.29, 0.717) is 23.9 Å². The van der Waals surface area contributed by atoms with Gasteiger partial charge in [0.05, 0.1) is 0 Å². The van der Waals surface area contributed by atoms with E-state index in [9.17, 15) is 4.79 Å². The largest absolute Gasteiger partial charge is 0.418 e. The van der Waals surface area contributed by atoms with Crippen LogP contribution in [-0.2, 0) is 12.1 Å². The Hall–Kier alpha value is -4.24. The second kappa shape index (κ2) is 11.9. The molecule has 6 rings (SSSR count). The van der Waals surface area contributed by atoms with E-state index in [2.05, 4.69) is 54.2 Å². The second-order valence-electron chi connectivity index (χ2n) is 10.5. The van der Waals surface area contributed by atoms with Crippen molar-refractivity contribution in [3.8, 4) is 11.5 Å². The van der Waals surface area contributed by atoms with Crippen molar-refractivity contribution >= 4 is 17.3 Å². The molecular weight excluding hydrogens is 502 g/mol. The van der Waals surface area contributed by atoms with Crippen LogP contribution < -0.4 is 20.9 Å². The summed E-state index contributed by atoms with van der Waals surface area (Å²) >= 11 is 0. The monoisotopic (exact) mass is 537 g/mol. The molecule has 0 atom stereocenters. The number of anilines is 2. The molecule has 0 unspecified atom stereocenters. The van der Waals surface area contributed by atoms with E-state index in [0.717, 1.165) is 55.8 Å². The van der Waals surface area contributed by atoms with Crippen molar-refractivity contribution in [2.24, 2.45) is 0 Å². The molecule has 206 valence electrons. The van der Waals surface area contributed by atoms with E-state index in [4.69, 9.17) is 4.42 Å². The van der Waals surface area contributed by atoms with Crippen LogP contribution in [0.25, 0.3) is 11.5 Å². The van der Waals surface area contributed by atoms with Crippen molar-refractivity contribution < 1.29 is 9.21 Å². The number of pyridine rings is 1. The molecule has 2 saturated heterocycles. The van der Waals surface area contributed by atoms with Gasteiger partial charge in [0.1, 0.15) is 5.54 Å². The standard InChI is InChI=1S/C31H35N7O2/c39-28(34-22-25-7-2-3-10-27(25)38-19-4-1-5-20-38)24-8-6-9-26(21-24)35-31(13-17-33-18-14-31)30-37-36-29(40-30)23-11-15-32-16-12-23/h2-3,6-12,15-16,21,33,35H,1,4-5,13-14,17-20,22H2,(H,34,39). The first-order chi connectivity index (χ1) is 19.7. The molecule has 0 saturated carbocycles. The van der Waals surface area contributed by atoms with Crippen LogP contribution in [0, 0.1) is 0 Å². The lowest BCUT2D eigenvalue weighted by atomic mass is 9.87. The van der Waals surface area contributed by atoms with E-state index < -0.39 is 5.54 Å². The fourth-order valence-electron chi connectivity index (χ4n) is 5.67. The number of hydrogen-bond donors (Lipinski definition) is 3. The number of nitrogens with zero attached hydrogens (tertiary/aromatic N) is 4. The third-order valence-electron chi connectivity index (χ3n) is 7.85. The lowest BCUT2D eigenvalue weighted by molar-refractivity contribution is 0.0951. The number of hydrogen-bond acceptors (Lipinski definition) is 8. The van der Waals surface area contributed by atoms with Gasteiger partial charge in [0.2, 0.25) is 11.8 Å². The highest BCUT2D eigenvalue weighted by molar-refractivity contribution is 5.95. The minimum atomic E-state index is -0.536. The van der Waals surface area contributed by atoms with Gasteiger partial charge in [-0.15, -0.1) is 10.2 Å². The fourth-order valence-corrected chi connectivity index (χ4v) is 5.67. The fraction of sp³-hybridized carbons (Fsp3) is 0.355.